The van der Waals surface area contributed by atoms with Crippen LogP contribution in [0.5, 0.6) is 34.5 Å². The van der Waals surface area contributed by atoms with Gasteiger partial charge in [-0.2, -0.15) is 0 Å². The Morgan fingerprint density at radius 1 is 0.361 bits per heavy atom. The van der Waals surface area contributed by atoms with E-state index in [1.165, 1.54) is 0 Å². The maximum Gasteiger partial charge on any atom is 0.340 e. The van der Waals surface area contributed by atoms with Crippen LogP contribution < -0.4 is 28.4 Å². The molecule has 3 aromatic rings. The highest BCUT2D eigenvalue weighted by Crippen LogP contribution is 2.57. The van der Waals surface area contributed by atoms with Crippen molar-refractivity contribution >= 4 is 78.2 Å². The lowest BCUT2D eigenvalue weighted by Gasteiger charge is -2.32. The van der Waals surface area contributed by atoms with E-state index >= 15 is 0 Å². The van der Waals surface area contributed by atoms with Crippen LogP contribution in [0.1, 0.15) is 117 Å². The SMILES string of the molecule is CCCCCOc1cccc(OCCCC(Cl)(Cl)OP(OC(Cl)(Cl)CCCOc2cccc(OCCCCC)c2)OC(Cl)(Cl)CCCOc2cccc(OCCCCC)c2)c1. The summed E-state index contributed by atoms with van der Waals surface area (Å²) < 4.78 is 47.8. The second kappa shape index (κ2) is 30.6. The summed E-state index contributed by atoms with van der Waals surface area (Å²) in [5.74, 6) is 4.18. The molecule has 0 saturated carbocycles. The summed E-state index contributed by atoms with van der Waals surface area (Å²) in [5, 5.41) is 0. The van der Waals surface area contributed by atoms with Crippen LogP contribution in [0.15, 0.2) is 72.8 Å². The Hall–Kier alpha value is -1.49. The van der Waals surface area contributed by atoms with Crippen LogP contribution in [0.3, 0.4) is 0 Å². The average molecular weight is 992 g/mol. The van der Waals surface area contributed by atoms with Crippen molar-refractivity contribution in [2.24, 2.45) is 0 Å². The fourth-order valence-corrected chi connectivity index (χ4v) is 8.37. The maximum absolute atomic E-state index is 6.68. The van der Waals surface area contributed by atoms with Crippen LogP contribution in [-0.4, -0.2) is 53.2 Å². The topological polar surface area (TPSA) is 83.1 Å². The lowest BCUT2D eigenvalue weighted by atomic mass is 10.2. The number of hydrogen-bond acceptors (Lipinski definition) is 9. The molecule has 0 spiro atoms. The molecule has 344 valence electrons. The van der Waals surface area contributed by atoms with E-state index in [1.807, 2.05) is 72.8 Å². The van der Waals surface area contributed by atoms with Gasteiger partial charge >= 0.3 is 8.60 Å². The Morgan fingerprint density at radius 3 is 0.820 bits per heavy atom. The highest BCUT2D eigenvalue weighted by molar-refractivity contribution is 7.42. The van der Waals surface area contributed by atoms with Gasteiger partial charge in [-0.1, -0.05) is 147 Å². The molecule has 0 aliphatic rings. The zero-order valence-electron chi connectivity index (χ0n) is 35.7. The second-order valence-corrected chi connectivity index (χ2v) is 19.6. The van der Waals surface area contributed by atoms with Gasteiger partial charge < -0.3 is 28.4 Å². The van der Waals surface area contributed by atoms with Crippen LogP contribution in [0.25, 0.3) is 0 Å². The molecule has 0 radical (unpaired) electrons. The van der Waals surface area contributed by atoms with Gasteiger partial charge in [0, 0.05) is 37.5 Å². The van der Waals surface area contributed by atoms with Crippen molar-refractivity contribution in [2.75, 3.05) is 39.6 Å². The minimum atomic E-state index is -2.52. The summed E-state index contributed by atoms with van der Waals surface area (Å²) in [6.45, 7) is 9.27. The zero-order chi connectivity index (χ0) is 44.2. The van der Waals surface area contributed by atoms with E-state index in [9.17, 15) is 0 Å². The molecule has 3 aromatic carbocycles. The third kappa shape index (κ3) is 25.6. The lowest BCUT2D eigenvalue weighted by molar-refractivity contribution is 0.0807. The van der Waals surface area contributed by atoms with Gasteiger partial charge in [-0.25, -0.2) is 0 Å². The Balaban J connectivity index is 1.56. The van der Waals surface area contributed by atoms with Gasteiger partial charge in [0.1, 0.15) is 34.5 Å². The normalized spacial score (nSPS) is 12.1. The number of ether oxygens (including phenoxy) is 6. The third-order valence-corrected chi connectivity index (χ3v) is 12.4. The number of rotatable bonds is 36. The van der Waals surface area contributed by atoms with Gasteiger partial charge in [0.05, 0.1) is 39.6 Å². The Morgan fingerprint density at radius 2 is 0.590 bits per heavy atom. The maximum atomic E-state index is 6.68. The smallest absolute Gasteiger partial charge is 0.340 e. The lowest BCUT2D eigenvalue weighted by Crippen LogP contribution is -2.26. The van der Waals surface area contributed by atoms with Crippen molar-refractivity contribution in [3.8, 4) is 34.5 Å². The van der Waals surface area contributed by atoms with Gasteiger partial charge in [-0.3, -0.25) is 13.6 Å². The summed E-state index contributed by atoms with van der Waals surface area (Å²) in [6.07, 6.45) is 11.3. The first-order valence-electron chi connectivity index (χ1n) is 21.4. The van der Waals surface area contributed by atoms with E-state index in [1.54, 1.807) is 0 Å². The fraction of sp³-hybridized carbons (Fsp3) is 0.600. The van der Waals surface area contributed by atoms with E-state index in [0.29, 0.717) is 56.3 Å². The molecule has 0 aliphatic carbocycles. The summed E-state index contributed by atoms with van der Waals surface area (Å²) in [7, 11) is -2.52. The van der Waals surface area contributed by atoms with Crippen molar-refractivity contribution in [2.45, 2.75) is 131 Å². The molecule has 61 heavy (non-hydrogen) atoms. The fourth-order valence-electron chi connectivity index (χ4n) is 5.51. The molecule has 0 saturated heterocycles. The first-order chi connectivity index (χ1) is 29.3. The molecule has 0 fully saturated rings. The van der Waals surface area contributed by atoms with Gasteiger partial charge in [0.25, 0.3) is 0 Å². The predicted molar refractivity (Wildman–Crippen MR) is 252 cm³/mol. The molecule has 0 aromatic heterocycles. The van der Waals surface area contributed by atoms with Crippen LogP contribution in [0.4, 0.5) is 0 Å². The van der Waals surface area contributed by atoms with E-state index < -0.39 is 22.2 Å². The highest BCUT2D eigenvalue weighted by Gasteiger charge is 2.41. The van der Waals surface area contributed by atoms with Crippen LogP contribution in [-0.2, 0) is 13.6 Å². The number of alkyl halides is 6. The van der Waals surface area contributed by atoms with Crippen molar-refractivity contribution in [1.29, 1.82) is 0 Å². The third-order valence-electron chi connectivity index (χ3n) is 8.73. The molecule has 0 atom stereocenters. The van der Waals surface area contributed by atoms with E-state index in [0.717, 1.165) is 75.0 Å². The molecule has 0 amide bonds. The molecule has 0 aliphatic heterocycles. The predicted octanol–water partition coefficient (Wildman–Crippen LogP) is 15.9. The molecule has 0 N–H and O–H groups in total. The monoisotopic (exact) mass is 988 g/mol. The summed E-state index contributed by atoms with van der Waals surface area (Å²) >= 11 is 40.1. The minimum Gasteiger partial charge on any atom is -0.493 e. The molecule has 0 unspecified atom stereocenters. The Labute approximate surface area is 395 Å². The van der Waals surface area contributed by atoms with Gasteiger partial charge in [0.15, 0.2) is 0 Å². The summed E-state index contributed by atoms with van der Waals surface area (Å²) in [6, 6.07) is 22.4. The second-order valence-electron chi connectivity index (χ2n) is 14.4. The van der Waals surface area contributed by atoms with Crippen molar-refractivity contribution in [3.63, 3.8) is 0 Å². The quantitative estimate of drug-likeness (QED) is 0.0321. The molecule has 3 rings (SSSR count). The molecular formula is C45H63Cl6O9P. The number of unbranched alkanes of at least 4 members (excludes halogenated alkanes) is 6. The Bertz CT molecular complexity index is 1420. The van der Waals surface area contributed by atoms with E-state index in [-0.39, 0.29) is 39.1 Å². The summed E-state index contributed by atoms with van der Waals surface area (Å²) in [4.78, 5) is 0. The van der Waals surface area contributed by atoms with Crippen LogP contribution in [0.2, 0.25) is 0 Å². The van der Waals surface area contributed by atoms with Gasteiger partial charge in [0.2, 0.25) is 13.6 Å². The van der Waals surface area contributed by atoms with E-state index in [2.05, 4.69) is 20.8 Å². The van der Waals surface area contributed by atoms with Crippen molar-refractivity contribution in [1.82, 2.24) is 0 Å². The molecule has 9 nitrogen and oxygen atoms in total. The van der Waals surface area contributed by atoms with Gasteiger partial charge in [-0.05, 0) is 74.9 Å². The van der Waals surface area contributed by atoms with E-state index in [4.69, 9.17) is 112 Å². The average Bonchev–Trinajstić information content (AvgIpc) is 3.22. The van der Waals surface area contributed by atoms with Crippen LogP contribution >= 0.6 is 78.2 Å². The number of benzene rings is 3. The van der Waals surface area contributed by atoms with Crippen LogP contribution in [0, 0.1) is 0 Å². The Kier molecular flexibility index (Phi) is 27.0. The van der Waals surface area contributed by atoms with Gasteiger partial charge in [-0.15, -0.1) is 0 Å². The largest absolute Gasteiger partial charge is 0.493 e. The molecule has 16 heteroatoms. The highest BCUT2D eigenvalue weighted by atomic mass is 35.5. The number of halogens is 6. The standard InChI is InChI=1S/C45H63Cl6O9P/c1-4-7-10-28-52-37-19-13-22-40(34-37)55-31-16-25-43(46,47)58-61(59-44(48,49)26-17-32-56-41-23-14-20-38(35-41)53-29-11-8-5-2)60-45(50,51)27-18-33-57-42-24-15-21-39(36-42)54-30-12-9-6-3/h13-15,19-24,34-36H,4-12,16-18,25-33H2,1-3H3. The zero-order valence-corrected chi connectivity index (χ0v) is 41.1. The first kappa shape index (κ1) is 53.8. The molecule has 0 heterocycles. The number of hydrogen-bond donors (Lipinski definition) is 0. The van der Waals surface area contributed by atoms with Crippen molar-refractivity contribution in [3.05, 3.63) is 72.8 Å². The first-order valence-corrected chi connectivity index (χ1v) is 24.8. The minimum absolute atomic E-state index is 0.120. The molecule has 0 bridgehead atoms. The van der Waals surface area contributed by atoms with Crippen molar-refractivity contribution < 1.29 is 42.0 Å². The summed E-state index contributed by atoms with van der Waals surface area (Å²) in [5.41, 5.74) is 0. The molecular weight excluding hydrogens is 928 g/mol.